The molecule has 1 aliphatic rings. The van der Waals surface area contributed by atoms with E-state index in [4.69, 9.17) is 14.2 Å². The second kappa shape index (κ2) is 7.75. The first-order valence-corrected chi connectivity index (χ1v) is 9.92. The van der Waals surface area contributed by atoms with Crippen molar-refractivity contribution in [2.24, 2.45) is 0 Å². The highest BCUT2D eigenvalue weighted by Gasteiger charge is 2.34. The number of hydrogen-bond donors (Lipinski definition) is 1. The van der Waals surface area contributed by atoms with Crippen LogP contribution in [-0.2, 0) is 4.79 Å². The number of benzene rings is 2. The summed E-state index contributed by atoms with van der Waals surface area (Å²) in [5.41, 5.74) is 2.62. The van der Waals surface area contributed by atoms with Gasteiger partial charge in [-0.05, 0) is 12.1 Å². The van der Waals surface area contributed by atoms with Gasteiger partial charge in [-0.3, -0.25) is 4.79 Å². The van der Waals surface area contributed by atoms with Crippen molar-refractivity contribution < 1.29 is 23.4 Å². The lowest BCUT2D eigenvalue weighted by molar-refractivity contribution is -0.116. The van der Waals surface area contributed by atoms with Gasteiger partial charge >= 0.3 is 0 Å². The zero-order chi connectivity index (χ0) is 20.5. The van der Waals surface area contributed by atoms with Crippen molar-refractivity contribution in [3.8, 4) is 28.4 Å². The maximum Gasteiger partial charge on any atom is 0.225 e. The SMILES string of the molecule is COc1ccc(C2CC(=O)Nc3c(-c4ccccc4F)csc32)c(OC)c1OC. The molecule has 0 fully saturated rings. The van der Waals surface area contributed by atoms with Gasteiger partial charge in [-0.25, -0.2) is 4.39 Å². The Hall–Kier alpha value is -3.06. The van der Waals surface area contributed by atoms with E-state index in [1.165, 1.54) is 17.4 Å². The lowest BCUT2D eigenvalue weighted by atomic mass is 9.88. The van der Waals surface area contributed by atoms with Crippen molar-refractivity contribution >= 4 is 22.9 Å². The predicted molar refractivity (Wildman–Crippen MR) is 111 cm³/mol. The van der Waals surface area contributed by atoms with Gasteiger partial charge in [0.15, 0.2) is 11.5 Å². The lowest BCUT2D eigenvalue weighted by Gasteiger charge is -2.26. The topological polar surface area (TPSA) is 56.8 Å². The van der Waals surface area contributed by atoms with E-state index in [9.17, 15) is 9.18 Å². The fraction of sp³-hybridized carbons (Fsp3) is 0.227. The van der Waals surface area contributed by atoms with Crippen molar-refractivity contribution in [3.63, 3.8) is 0 Å². The average molecular weight is 413 g/mol. The summed E-state index contributed by atoms with van der Waals surface area (Å²) in [4.78, 5) is 13.5. The van der Waals surface area contributed by atoms with Crippen LogP contribution in [0.4, 0.5) is 10.1 Å². The second-order valence-corrected chi connectivity index (χ2v) is 7.51. The maximum atomic E-state index is 14.4. The van der Waals surface area contributed by atoms with E-state index in [0.717, 1.165) is 10.4 Å². The molecule has 0 saturated heterocycles. The molecule has 1 amide bonds. The van der Waals surface area contributed by atoms with Gasteiger partial charge in [-0.2, -0.15) is 0 Å². The Morgan fingerprint density at radius 3 is 2.45 bits per heavy atom. The Morgan fingerprint density at radius 2 is 1.76 bits per heavy atom. The minimum absolute atomic E-state index is 0.129. The van der Waals surface area contributed by atoms with Gasteiger partial charge in [0.2, 0.25) is 11.7 Å². The summed E-state index contributed by atoms with van der Waals surface area (Å²) in [5, 5.41) is 4.81. The largest absolute Gasteiger partial charge is 0.493 e. The number of fused-ring (bicyclic) bond motifs is 1. The molecular weight excluding hydrogens is 393 g/mol. The Kier molecular flexibility index (Phi) is 5.15. The average Bonchev–Trinajstić information content (AvgIpc) is 3.15. The Bertz CT molecular complexity index is 1080. The summed E-state index contributed by atoms with van der Waals surface area (Å²) in [5.74, 6) is 0.860. The molecule has 2 aromatic carbocycles. The molecule has 4 rings (SSSR count). The molecule has 5 nitrogen and oxygen atoms in total. The van der Waals surface area contributed by atoms with Crippen LogP contribution in [0.2, 0.25) is 0 Å². The molecule has 1 aromatic heterocycles. The molecule has 3 aromatic rings. The van der Waals surface area contributed by atoms with Crippen LogP contribution in [0.5, 0.6) is 17.2 Å². The van der Waals surface area contributed by atoms with Crippen molar-refractivity contribution in [1.29, 1.82) is 0 Å². The third kappa shape index (κ3) is 3.21. The molecule has 1 unspecified atom stereocenters. The first-order valence-electron chi connectivity index (χ1n) is 9.04. The van der Waals surface area contributed by atoms with Crippen LogP contribution in [-0.4, -0.2) is 27.2 Å². The molecule has 7 heteroatoms. The van der Waals surface area contributed by atoms with E-state index in [0.29, 0.717) is 34.1 Å². The summed E-state index contributed by atoms with van der Waals surface area (Å²) < 4.78 is 30.9. The van der Waals surface area contributed by atoms with E-state index in [2.05, 4.69) is 5.32 Å². The number of methoxy groups -OCH3 is 3. The number of thiophene rings is 1. The van der Waals surface area contributed by atoms with Crippen molar-refractivity contribution in [2.75, 3.05) is 26.6 Å². The highest BCUT2D eigenvalue weighted by Crippen LogP contribution is 2.51. The number of halogens is 1. The number of carbonyl (C=O) groups excluding carboxylic acids is 1. The van der Waals surface area contributed by atoms with E-state index in [1.54, 1.807) is 45.6 Å². The second-order valence-electron chi connectivity index (χ2n) is 6.60. The van der Waals surface area contributed by atoms with E-state index < -0.39 is 0 Å². The summed E-state index contributed by atoms with van der Waals surface area (Å²) >= 11 is 1.49. The van der Waals surface area contributed by atoms with Gasteiger partial charge in [-0.15, -0.1) is 11.3 Å². The summed E-state index contributed by atoms with van der Waals surface area (Å²) in [6.07, 6.45) is 0.260. The van der Waals surface area contributed by atoms with Gasteiger partial charge in [-0.1, -0.05) is 24.3 Å². The van der Waals surface area contributed by atoms with Crippen LogP contribution in [0, 0.1) is 5.82 Å². The van der Waals surface area contributed by atoms with Gasteiger partial charge in [0, 0.05) is 39.3 Å². The van der Waals surface area contributed by atoms with Crippen molar-refractivity contribution in [1.82, 2.24) is 0 Å². The first-order chi connectivity index (χ1) is 14.1. The number of nitrogens with one attached hydrogen (secondary N) is 1. The number of ether oxygens (including phenoxy) is 3. The van der Waals surface area contributed by atoms with Crippen molar-refractivity contribution in [2.45, 2.75) is 12.3 Å². The normalized spacial score (nSPS) is 15.4. The zero-order valence-electron chi connectivity index (χ0n) is 16.2. The molecule has 0 spiro atoms. The number of carbonyl (C=O) groups is 1. The minimum atomic E-state index is -0.326. The smallest absolute Gasteiger partial charge is 0.225 e. The van der Waals surface area contributed by atoms with Crippen LogP contribution in [0.1, 0.15) is 22.8 Å². The van der Waals surface area contributed by atoms with Crippen LogP contribution in [0.3, 0.4) is 0 Å². The molecular formula is C22H20FNO4S. The van der Waals surface area contributed by atoms with Gasteiger partial charge < -0.3 is 19.5 Å². The first kappa shape index (κ1) is 19.3. The fourth-order valence-electron chi connectivity index (χ4n) is 3.75. The fourth-order valence-corrected chi connectivity index (χ4v) is 4.90. The quantitative estimate of drug-likeness (QED) is 0.636. The van der Waals surface area contributed by atoms with E-state index in [-0.39, 0.29) is 24.1 Å². The molecule has 0 bridgehead atoms. The number of anilines is 1. The minimum Gasteiger partial charge on any atom is -0.493 e. The Balaban J connectivity index is 1.88. The van der Waals surface area contributed by atoms with E-state index >= 15 is 0 Å². The van der Waals surface area contributed by atoms with Crippen LogP contribution < -0.4 is 19.5 Å². The Labute approximate surface area is 172 Å². The van der Waals surface area contributed by atoms with Gasteiger partial charge in [0.25, 0.3) is 0 Å². The van der Waals surface area contributed by atoms with Crippen molar-refractivity contribution in [3.05, 3.63) is 58.0 Å². The molecule has 0 aliphatic carbocycles. The standard InChI is InChI=1S/C22H20FNO4S/c1-26-17-9-8-13(20(27-2)21(17)28-3)14-10-18(25)24-19-15(11-29-22(14)19)12-6-4-5-7-16(12)23/h4-9,11,14H,10H2,1-3H3,(H,24,25). The third-order valence-corrected chi connectivity index (χ3v) is 6.16. The highest BCUT2D eigenvalue weighted by atomic mass is 32.1. The Morgan fingerprint density at radius 1 is 1.00 bits per heavy atom. The molecule has 2 heterocycles. The molecule has 0 saturated carbocycles. The molecule has 1 aliphatic heterocycles. The number of hydrogen-bond acceptors (Lipinski definition) is 5. The van der Waals surface area contributed by atoms with E-state index in [1.807, 2.05) is 11.4 Å². The van der Waals surface area contributed by atoms with Crippen LogP contribution in [0.15, 0.2) is 41.8 Å². The third-order valence-electron chi connectivity index (χ3n) is 5.06. The molecule has 150 valence electrons. The van der Waals surface area contributed by atoms with Crippen LogP contribution in [0.25, 0.3) is 11.1 Å². The molecule has 29 heavy (non-hydrogen) atoms. The molecule has 0 radical (unpaired) electrons. The predicted octanol–water partition coefficient (Wildman–Crippen LogP) is 5.05. The van der Waals surface area contributed by atoms with Gasteiger partial charge in [0.05, 0.1) is 27.0 Å². The number of amides is 1. The lowest BCUT2D eigenvalue weighted by Crippen LogP contribution is -2.23. The molecule has 1 N–H and O–H groups in total. The van der Waals surface area contributed by atoms with Gasteiger partial charge in [0.1, 0.15) is 5.82 Å². The zero-order valence-corrected chi connectivity index (χ0v) is 17.1. The molecule has 1 atom stereocenters. The monoisotopic (exact) mass is 413 g/mol. The van der Waals surface area contributed by atoms with Crippen LogP contribution >= 0.6 is 11.3 Å². The maximum absolute atomic E-state index is 14.4. The number of rotatable bonds is 5. The summed E-state index contributed by atoms with van der Waals surface area (Å²) in [7, 11) is 4.66. The summed E-state index contributed by atoms with van der Waals surface area (Å²) in [6.45, 7) is 0. The highest BCUT2D eigenvalue weighted by molar-refractivity contribution is 7.11. The summed E-state index contributed by atoms with van der Waals surface area (Å²) in [6, 6.07) is 10.2.